The molecule has 13 aromatic rings. The highest BCUT2D eigenvalue weighted by Gasteiger charge is 2.18. The molecule has 262 valence electrons. The molecule has 1 heterocycles. The Kier molecular flexibility index (Phi) is 6.41. The standard InChI is InChI=1S/C56H32S/c1-2-9-36-30-38(17-16-33(36)8-1)37-10-7-11-39(31-37)41-23-18-34-21-26-46-42(24-19-35-20-25-45(41)53(34)54(35)46)40-22-27-48-50(32-40)44-13-4-3-12-43(44)47-28-29-52-56(55(47)48)49-14-5-6-15-51(49)57-52/h1-32H. The Balaban J connectivity index is 1.02. The summed E-state index contributed by atoms with van der Waals surface area (Å²) >= 11 is 1.89. The maximum Gasteiger partial charge on any atom is 0.0362 e. The Labute approximate surface area is 332 Å². The highest BCUT2D eigenvalue weighted by molar-refractivity contribution is 7.26. The van der Waals surface area contributed by atoms with Gasteiger partial charge in [-0.05, 0) is 139 Å². The van der Waals surface area contributed by atoms with Crippen molar-refractivity contribution >= 4 is 107 Å². The van der Waals surface area contributed by atoms with Crippen molar-refractivity contribution in [2.45, 2.75) is 0 Å². The van der Waals surface area contributed by atoms with Gasteiger partial charge in [-0.1, -0.05) is 164 Å². The van der Waals surface area contributed by atoms with E-state index in [9.17, 15) is 0 Å². The molecule has 0 unspecified atom stereocenters. The molecule has 0 radical (unpaired) electrons. The van der Waals surface area contributed by atoms with E-state index in [0.717, 1.165) is 0 Å². The fourth-order valence-electron chi connectivity index (χ4n) is 9.97. The van der Waals surface area contributed by atoms with Crippen molar-refractivity contribution in [3.63, 3.8) is 0 Å². The number of rotatable bonds is 3. The largest absolute Gasteiger partial charge is 0.135 e. The topological polar surface area (TPSA) is 0 Å². The summed E-state index contributed by atoms with van der Waals surface area (Å²) in [5.74, 6) is 0. The van der Waals surface area contributed by atoms with Gasteiger partial charge in [-0.15, -0.1) is 11.3 Å². The molecule has 0 bridgehead atoms. The van der Waals surface area contributed by atoms with Gasteiger partial charge in [0.2, 0.25) is 0 Å². The average molecular weight is 737 g/mol. The van der Waals surface area contributed by atoms with E-state index in [1.807, 2.05) is 11.3 Å². The van der Waals surface area contributed by atoms with Gasteiger partial charge in [-0.3, -0.25) is 0 Å². The van der Waals surface area contributed by atoms with E-state index < -0.39 is 0 Å². The first-order chi connectivity index (χ1) is 28.2. The minimum absolute atomic E-state index is 1.23. The first kappa shape index (κ1) is 31.2. The molecule has 1 aromatic heterocycles. The van der Waals surface area contributed by atoms with Crippen LogP contribution in [0.2, 0.25) is 0 Å². The lowest BCUT2D eigenvalue weighted by Gasteiger charge is -2.18. The van der Waals surface area contributed by atoms with E-state index in [-0.39, 0.29) is 0 Å². The number of hydrogen-bond donors (Lipinski definition) is 0. The summed E-state index contributed by atoms with van der Waals surface area (Å²) in [7, 11) is 0. The summed E-state index contributed by atoms with van der Waals surface area (Å²) in [5.41, 5.74) is 7.49. The second-order valence-corrected chi connectivity index (χ2v) is 16.6. The Morgan fingerprint density at radius 3 is 1.56 bits per heavy atom. The second-order valence-electron chi connectivity index (χ2n) is 15.6. The van der Waals surface area contributed by atoms with E-state index in [1.165, 1.54) is 129 Å². The van der Waals surface area contributed by atoms with Crippen LogP contribution in [0.1, 0.15) is 0 Å². The summed E-state index contributed by atoms with van der Waals surface area (Å²) in [4.78, 5) is 0. The van der Waals surface area contributed by atoms with E-state index in [2.05, 4.69) is 194 Å². The maximum atomic E-state index is 2.46. The average Bonchev–Trinajstić information content (AvgIpc) is 3.67. The molecule has 0 aliphatic rings. The van der Waals surface area contributed by atoms with Crippen LogP contribution in [0.4, 0.5) is 0 Å². The maximum absolute atomic E-state index is 2.46. The third-order valence-electron chi connectivity index (χ3n) is 12.6. The van der Waals surface area contributed by atoms with Crippen LogP contribution in [0.5, 0.6) is 0 Å². The third kappa shape index (κ3) is 4.49. The number of benzene rings is 12. The molecular formula is C56H32S. The van der Waals surface area contributed by atoms with Crippen molar-refractivity contribution in [1.29, 1.82) is 0 Å². The molecule has 0 fully saturated rings. The summed E-state index contributed by atoms with van der Waals surface area (Å²) < 4.78 is 2.68. The Morgan fingerprint density at radius 2 is 0.772 bits per heavy atom. The molecule has 0 aliphatic heterocycles. The zero-order valence-electron chi connectivity index (χ0n) is 30.9. The van der Waals surface area contributed by atoms with Gasteiger partial charge >= 0.3 is 0 Å². The minimum atomic E-state index is 1.23. The van der Waals surface area contributed by atoms with Crippen molar-refractivity contribution in [3.8, 4) is 33.4 Å². The molecule has 1 heteroatoms. The van der Waals surface area contributed by atoms with E-state index in [4.69, 9.17) is 0 Å². The first-order valence-corrected chi connectivity index (χ1v) is 20.6. The van der Waals surface area contributed by atoms with Crippen molar-refractivity contribution in [2.24, 2.45) is 0 Å². The lowest BCUT2D eigenvalue weighted by Crippen LogP contribution is -1.90. The SMILES string of the molecule is c1cc(-c2ccc3ccccc3c2)cc(-c2ccc3ccc4c(-c5ccc6c(c5)c5ccccc5c5ccc7sc8ccccc8c7c56)ccc5ccc2c3c54)c1. The van der Waals surface area contributed by atoms with Crippen LogP contribution in [0.3, 0.4) is 0 Å². The second kappa shape index (κ2) is 11.7. The van der Waals surface area contributed by atoms with Crippen molar-refractivity contribution in [2.75, 3.05) is 0 Å². The number of thiophene rings is 1. The molecule has 0 aliphatic carbocycles. The molecular weight excluding hydrogens is 705 g/mol. The van der Waals surface area contributed by atoms with Gasteiger partial charge in [0.15, 0.2) is 0 Å². The number of fused-ring (bicyclic) bond motifs is 11. The third-order valence-corrected chi connectivity index (χ3v) is 13.7. The smallest absolute Gasteiger partial charge is 0.0362 e. The monoisotopic (exact) mass is 736 g/mol. The van der Waals surface area contributed by atoms with Crippen molar-refractivity contribution in [1.82, 2.24) is 0 Å². The van der Waals surface area contributed by atoms with Crippen LogP contribution in [-0.4, -0.2) is 0 Å². The van der Waals surface area contributed by atoms with E-state index in [1.54, 1.807) is 0 Å². The predicted molar refractivity (Wildman–Crippen MR) is 249 cm³/mol. The Morgan fingerprint density at radius 1 is 0.228 bits per heavy atom. The van der Waals surface area contributed by atoms with Gasteiger partial charge in [-0.25, -0.2) is 0 Å². The van der Waals surface area contributed by atoms with E-state index in [0.29, 0.717) is 0 Å². The summed E-state index contributed by atoms with van der Waals surface area (Å²) in [6, 6.07) is 72.8. The van der Waals surface area contributed by atoms with Gasteiger partial charge in [0.25, 0.3) is 0 Å². The molecule has 0 saturated carbocycles. The van der Waals surface area contributed by atoms with Gasteiger partial charge in [0.1, 0.15) is 0 Å². The molecule has 0 nitrogen and oxygen atoms in total. The zero-order chi connectivity index (χ0) is 37.2. The van der Waals surface area contributed by atoms with Gasteiger partial charge < -0.3 is 0 Å². The lowest BCUT2D eigenvalue weighted by atomic mass is 9.86. The molecule has 13 rings (SSSR count). The van der Waals surface area contributed by atoms with Crippen LogP contribution < -0.4 is 0 Å². The number of hydrogen-bond acceptors (Lipinski definition) is 1. The quantitative estimate of drug-likeness (QED) is 0.158. The normalized spacial score (nSPS) is 12.2. The predicted octanol–water partition coefficient (Wildman–Crippen LogP) is 16.6. The van der Waals surface area contributed by atoms with Crippen LogP contribution >= 0.6 is 11.3 Å². The van der Waals surface area contributed by atoms with Crippen LogP contribution in [0.15, 0.2) is 194 Å². The molecule has 0 amide bonds. The highest BCUT2D eigenvalue weighted by Crippen LogP contribution is 2.47. The fourth-order valence-corrected chi connectivity index (χ4v) is 11.1. The van der Waals surface area contributed by atoms with Crippen LogP contribution in [0.25, 0.3) is 129 Å². The zero-order valence-corrected chi connectivity index (χ0v) is 31.7. The summed E-state index contributed by atoms with van der Waals surface area (Å²) in [6.45, 7) is 0. The van der Waals surface area contributed by atoms with E-state index >= 15 is 0 Å². The first-order valence-electron chi connectivity index (χ1n) is 19.7. The molecule has 0 saturated heterocycles. The molecule has 0 N–H and O–H groups in total. The summed E-state index contributed by atoms with van der Waals surface area (Å²) in [5, 5.41) is 21.0. The van der Waals surface area contributed by atoms with Gasteiger partial charge in [0, 0.05) is 20.2 Å². The highest BCUT2D eigenvalue weighted by atomic mass is 32.1. The molecule has 0 spiro atoms. The summed E-state index contributed by atoms with van der Waals surface area (Å²) in [6.07, 6.45) is 0. The van der Waals surface area contributed by atoms with Gasteiger partial charge in [-0.2, -0.15) is 0 Å². The molecule has 0 atom stereocenters. The molecule has 57 heavy (non-hydrogen) atoms. The Hall–Kier alpha value is -7.06. The van der Waals surface area contributed by atoms with Crippen LogP contribution in [0, 0.1) is 0 Å². The molecule has 12 aromatic carbocycles. The Bertz CT molecular complexity index is 3810. The van der Waals surface area contributed by atoms with Crippen LogP contribution in [-0.2, 0) is 0 Å². The van der Waals surface area contributed by atoms with Gasteiger partial charge in [0.05, 0.1) is 0 Å². The fraction of sp³-hybridized carbons (Fsp3) is 0. The van der Waals surface area contributed by atoms with Crippen molar-refractivity contribution < 1.29 is 0 Å². The minimum Gasteiger partial charge on any atom is -0.135 e. The lowest BCUT2D eigenvalue weighted by molar-refractivity contribution is 1.62. The van der Waals surface area contributed by atoms with Crippen molar-refractivity contribution in [3.05, 3.63) is 194 Å².